The Kier molecular flexibility index (Phi) is 15.6. The minimum Gasteiger partial charge on any atom is -0.508 e. The molecule has 6 aromatic carbocycles. The van der Waals surface area contributed by atoms with Crippen molar-refractivity contribution in [1.29, 1.82) is 0 Å². The zero-order chi connectivity index (χ0) is 41.7. The summed E-state index contributed by atoms with van der Waals surface area (Å²) in [6.45, 7) is 12.0. The molecular formula is C54H64O4. The van der Waals surface area contributed by atoms with Crippen molar-refractivity contribution in [2.24, 2.45) is 23.7 Å². The van der Waals surface area contributed by atoms with E-state index in [1.807, 2.05) is 90.1 Å². The molecule has 5 aliphatic rings. The molecule has 4 heteroatoms. The summed E-state index contributed by atoms with van der Waals surface area (Å²) in [5.41, 5.74) is 9.09. The first-order valence-corrected chi connectivity index (χ1v) is 21.4. The van der Waals surface area contributed by atoms with Crippen LogP contribution in [0.1, 0.15) is 111 Å². The molecule has 0 aromatic heterocycles. The monoisotopic (exact) mass is 776 g/mol. The highest BCUT2D eigenvalue weighted by Gasteiger charge is 2.44. The molecule has 0 aliphatic heterocycles. The highest BCUT2D eigenvalue weighted by atomic mass is 16.3. The van der Waals surface area contributed by atoms with Gasteiger partial charge in [0.05, 0.1) is 5.41 Å². The fourth-order valence-corrected chi connectivity index (χ4v) is 9.72. The van der Waals surface area contributed by atoms with Crippen LogP contribution in [0.25, 0.3) is 0 Å². The number of aromatic hydroxyl groups is 4. The van der Waals surface area contributed by atoms with Crippen LogP contribution in [-0.4, -0.2) is 20.4 Å². The topological polar surface area (TPSA) is 80.9 Å². The smallest absolute Gasteiger partial charge is 0.115 e. The maximum Gasteiger partial charge on any atom is 0.115 e. The fourth-order valence-electron chi connectivity index (χ4n) is 9.72. The quantitative estimate of drug-likeness (QED) is 0.141. The highest BCUT2D eigenvalue weighted by molar-refractivity contribution is 5.67. The zero-order valence-electron chi connectivity index (χ0n) is 35.4. The summed E-state index contributed by atoms with van der Waals surface area (Å²) < 4.78 is 0. The number of aryl methyl sites for hydroxylation is 2. The van der Waals surface area contributed by atoms with E-state index >= 15 is 0 Å². The summed E-state index contributed by atoms with van der Waals surface area (Å²) >= 11 is 0. The molecular weight excluding hydrogens is 713 g/mol. The van der Waals surface area contributed by atoms with Gasteiger partial charge in [0.25, 0.3) is 0 Å². The van der Waals surface area contributed by atoms with Gasteiger partial charge in [-0.05, 0) is 164 Å². The Bertz CT molecular complexity index is 1880. The molecule has 0 amide bonds. The first-order valence-electron chi connectivity index (χ1n) is 21.4. The lowest BCUT2D eigenvalue weighted by molar-refractivity contribution is 0.0198. The average Bonchev–Trinajstić information content (AvgIpc) is 3.24. The van der Waals surface area contributed by atoms with Crippen molar-refractivity contribution in [3.8, 4) is 23.0 Å². The highest BCUT2D eigenvalue weighted by Crippen LogP contribution is 2.54. The lowest BCUT2D eigenvalue weighted by Crippen LogP contribution is -2.38. The van der Waals surface area contributed by atoms with E-state index in [0.717, 1.165) is 17.5 Å². The summed E-state index contributed by atoms with van der Waals surface area (Å²) in [6.07, 6.45) is 10.5. The second-order valence-corrected chi connectivity index (χ2v) is 15.9. The summed E-state index contributed by atoms with van der Waals surface area (Å²) in [5.74, 6) is 5.87. The predicted octanol–water partition coefficient (Wildman–Crippen LogP) is 13.7. The van der Waals surface area contributed by atoms with Gasteiger partial charge in [-0.1, -0.05) is 136 Å². The van der Waals surface area contributed by atoms with Gasteiger partial charge in [0.15, 0.2) is 0 Å². The molecule has 0 heterocycles. The van der Waals surface area contributed by atoms with Crippen LogP contribution in [0.4, 0.5) is 0 Å². The van der Waals surface area contributed by atoms with Gasteiger partial charge < -0.3 is 20.4 Å². The standard InChI is InChI=1S/C26H20O2.C10H16.2C7H8O.2C2H6/c27-22-13-9-20(10-14-22)26(21-11-15-23(28)16-12-21)24-7-3-1-5-18(24)17-19-6-2-4-8-25(19)26;1-7-2-9-4-8(1)5-10(3-7)6-9;2*1-6-2-4-7(8)5-3-6;2*1-2/h1-16,27-28H,17H2;7-10H,1-6H2;2*2-5,8H,1H3;2*1-2H3. The third-order valence-corrected chi connectivity index (χ3v) is 11.9. The summed E-state index contributed by atoms with van der Waals surface area (Å²) in [7, 11) is 0. The lowest BCUT2D eigenvalue weighted by Gasteiger charge is -2.49. The maximum atomic E-state index is 9.90. The molecule has 4 nitrogen and oxygen atoms in total. The number of hydrogen-bond donors (Lipinski definition) is 4. The van der Waals surface area contributed by atoms with E-state index in [1.54, 1.807) is 87.1 Å². The molecule has 4 saturated carbocycles. The Hall–Kier alpha value is -5.48. The Labute approximate surface area is 347 Å². The first kappa shape index (κ1) is 43.6. The SMILES string of the molecule is C1C2CC3CC1CC(C2)C3.CC.CC.Cc1ccc(O)cc1.Cc1ccc(O)cc1.Oc1ccc(C2(c3ccc(O)cc3)c3ccccc3Cc3ccccc32)cc1. The Balaban J connectivity index is 0.000000173. The van der Waals surface area contributed by atoms with E-state index in [9.17, 15) is 10.2 Å². The molecule has 4 bridgehead atoms. The van der Waals surface area contributed by atoms with Crippen molar-refractivity contribution in [1.82, 2.24) is 0 Å². The van der Waals surface area contributed by atoms with E-state index in [2.05, 4.69) is 48.5 Å². The Morgan fingerprint density at radius 2 is 0.621 bits per heavy atom. The van der Waals surface area contributed by atoms with Crippen molar-refractivity contribution < 1.29 is 20.4 Å². The van der Waals surface area contributed by atoms with Gasteiger partial charge in [-0.25, -0.2) is 0 Å². The van der Waals surface area contributed by atoms with Gasteiger partial charge in [0, 0.05) is 0 Å². The third-order valence-electron chi connectivity index (χ3n) is 11.9. The van der Waals surface area contributed by atoms with Gasteiger partial charge in [-0.3, -0.25) is 0 Å². The van der Waals surface area contributed by atoms with E-state index in [4.69, 9.17) is 10.2 Å². The molecule has 4 fully saturated rings. The predicted molar refractivity (Wildman–Crippen MR) is 241 cm³/mol. The minimum absolute atomic E-state index is 0.252. The second kappa shape index (κ2) is 20.8. The number of benzene rings is 6. The van der Waals surface area contributed by atoms with Crippen molar-refractivity contribution in [3.63, 3.8) is 0 Å². The van der Waals surface area contributed by atoms with Crippen molar-refractivity contribution in [2.75, 3.05) is 0 Å². The average molecular weight is 777 g/mol. The van der Waals surface area contributed by atoms with Gasteiger partial charge in [-0.15, -0.1) is 0 Å². The summed E-state index contributed by atoms with van der Waals surface area (Å²) in [5, 5.41) is 37.3. The van der Waals surface area contributed by atoms with Crippen LogP contribution in [-0.2, 0) is 11.8 Å². The molecule has 11 rings (SSSR count). The van der Waals surface area contributed by atoms with Crippen LogP contribution in [0.3, 0.4) is 0 Å². The van der Waals surface area contributed by atoms with Crippen LogP contribution in [0.15, 0.2) is 146 Å². The van der Waals surface area contributed by atoms with Crippen LogP contribution in [0, 0.1) is 37.5 Å². The van der Waals surface area contributed by atoms with Crippen LogP contribution >= 0.6 is 0 Å². The Morgan fingerprint density at radius 3 is 0.897 bits per heavy atom. The summed E-state index contributed by atoms with van der Waals surface area (Å²) in [6, 6.07) is 46.3. The van der Waals surface area contributed by atoms with Gasteiger partial charge in [0.2, 0.25) is 0 Å². The van der Waals surface area contributed by atoms with Crippen LogP contribution in [0.5, 0.6) is 23.0 Å². The number of phenolic OH excluding ortho intramolecular Hbond substituents is 4. The molecule has 5 aliphatic carbocycles. The largest absolute Gasteiger partial charge is 0.508 e. The number of hydrogen-bond acceptors (Lipinski definition) is 4. The minimum atomic E-state index is -0.507. The van der Waals surface area contributed by atoms with E-state index in [0.29, 0.717) is 11.5 Å². The number of phenols is 4. The van der Waals surface area contributed by atoms with Gasteiger partial charge in [-0.2, -0.15) is 0 Å². The zero-order valence-corrected chi connectivity index (χ0v) is 35.4. The molecule has 304 valence electrons. The van der Waals surface area contributed by atoms with Crippen LogP contribution < -0.4 is 0 Å². The van der Waals surface area contributed by atoms with E-state index < -0.39 is 5.41 Å². The molecule has 0 spiro atoms. The van der Waals surface area contributed by atoms with Crippen molar-refractivity contribution in [3.05, 3.63) is 190 Å². The molecule has 0 unspecified atom stereocenters. The van der Waals surface area contributed by atoms with Crippen molar-refractivity contribution in [2.45, 2.75) is 91.9 Å². The van der Waals surface area contributed by atoms with E-state index in [1.165, 1.54) is 57.1 Å². The van der Waals surface area contributed by atoms with Crippen molar-refractivity contribution >= 4 is 0 Å². The number of fused-ring (bicyclic) bond motifs is 2. The lowest BCUT2D eigenvalue weighted by atomic mass is 9.56. The fraction of sp³-hybridized carbons (Fsp3) is 0.333. The van der Waals surface area contributed by atoms with Gasteiger partial charge >= 0.3 is 0 Å². The molecule has 0 saturated heterocycles. The first-order chi connectivity index (χ1) is 28.2. The molecule has 6 aromatic rings. The maximum absolute atomic E-state index is 9.90. The second-order valence-electron chi connectivity index (χ2n) is 15.9. The van der Waals surface area contributed by atoms with Gasteiger partial charge in [0.1, 0.15) is 23.0 Å². The normalized spacial score (nSPS) is 19.5. The molecule has 4 N–H and O–H groups in total. The number of rotatable bonds is 2. The molecule has 0 atom stereocenters. The van der Waals surface area contributed by atoms with Crippen LogP contribution in [0.2, 0.25) is 0 Å². The molecule has 58 heavy (non-hydrogen) atoms. The Morgan fingerprint density at radius 1 is 0.362 bits per heavy atom. The van der Waals surface area contributed by atoms with E-state index in [-0.39, 0.29) is 11.5 Å². The molecule has 0 radical (unpaired) electrons. The summed E-state index contributed by atoms with van der Waals surface area (Å²) in [4.78, 5) is 0. The third kappa shape index (κ3) is 10.5.